The first kappa shape index (κ1) is 23.7. The van der Waals surface area contributed by atoms with E-state index in [4.69, 9.17) is 4.74 Å². The van der Waals surface area contributed by atoms with Crippen LogP contribution < -0.4 is 15.5 Å². The molecule has 3 unspecified atom stereocenters. The number of hydrogen-bond acceptors (Lipinski definition) is 4. The molecular formula is C20H33BrIN5O. The van der Waals surface area contributed by atoms with Crippen LogP contribution in [0.25, 0.3) is 0 Å². The van der Waals surface area contributed by atoms with Crippen LogP contribution in [0.5, 0.6) is 0 Å². The third kappa shape index (κ3) is 6.21. The zero-order valence-electron chi connectivity index (χ0n) is 17.0. The molecule has 0 bridgehead atoms. The first-order chi connectivity index (χ1) is 13.1. The Morgan fingerprint density at radius 3 is 2.86 bits per heavy atom. The smallest absolute Gasteiger partial charge is 0.191 e. The van der Waals surface area contributed by atoms with Gasteiger partial charge in [-0.1, -0.05) is 12.1 Å². The molecule has 2 N–H and O–H groups in total. The minimum atomic E-state index is 0. The monoisotopic (exact) mass is 565 g/mol. The normalized spacial score (nSPS) is 24.6. The minimum Gasteiger partial charge on any atom is -0.379 e. The van der Waals surface area contributed by atoms with Gasteiger partial charge in [-0.25, -0.2) is 0 Å². The molecular weight excluding hydrogens is 533 g/mol. The van der Waals surface area contributed by atoms with E-state index in [9.17, 15) is 0 Å². The van der Waals surface area contributed by atoms with Gasteiger partial charge in [0.05, 0.1) is 18.9 Å². The molecule has 0 aromatic heterocycles. The Kier molecular flexibility index (Phi) is 9.79. The Morgan fingerprint density at radius 1 is 1.36 bits per heavy atom. The molecule has 0 amide bonds. The lowest BCUT2D eigenvalue weighted by atomic mass is 10.2. The van der Waals surface area contributed by atoms with Gasteiger partial charge in [0.1, 0.15) is 0 Å². The van der Waals surface area contributed by atoms with E-state index in [1.165, 1.54) is 5.69 Å². The molecule has 28 heavy (non-hydrogen) atoms. The number of aliphatic imine (C=N–C) groups is 1. The molecule has 2 aliphatic rings. The van der Waals surface area contributed by atoms with Crippen LogP contribution in [-0.4, -0.2) is 75.4 Å². The molecule has 0 aliphatic carbocycles. The summed E-state index contributed by atoms with van der Waals surface area (Å²) in [6, 6.07) is 9.74. The molecule has 6 nitrogen and oxygen atoms in total. The highest BCUT2D eigenvalue weighted by molar-refractivity contribution is 14.0. The standard InChI is InChI=1S/C20H32BrN5O.HI/c1-15(26-10-11-27-14-16(26)2)12-23-20(22-3)24-17-8-9-25(13-17)19-7-5-4-6-18(19)21;/h4-7,15-17H,8-14H2,1-3H3,(H2,22,23,24);1H. The third-order valence-corrected chi connectivity index (χ3v) is 6.17. The average molecular weight is 566 g/mol. The lowest BCUT2D eigenvalue weighted by Crippen LogP contribution is -2.53. The number of guanidine groups is 1. The first-order valence-corrected chi connectivity index (χ1v) is 10.7. The van der Waals surface area contributed by atoms with Crippen molar-refractivity contribution < 1.29 is 4.74 Å². The van der Waals surface area contributed by atoms with Gasteiger partial charge in [-0.05, 0) is 48.3 Å². The number of nitrogens with zero attached hydrogens (tertiary/aromatic N) is 3. The highest BCUT2D eigenvalue weighted by Crippen LogP contribution is 2.28. The van der Waals surface area contributed by atoms with E-state index in [1.54, 1.807) is 0 Å². The number of halogens is 2. The summed E-state index contributed by atoms with van der Waals surface area (Å²) in [6.07, 6.45) is 1.11. The van der Waals surface area contributed by atoms with E-state index in [1.807, 2.05) is 7.05 Å². The van der Waals surface area contributed by atoms with Gasteiger partial charge in [0.15, 0.2) is 5.96 Å². The summed E-state index contributed by atoms with van der Waals surface area (Å²) >= 11 is 3.66. The summed E-state index contributed by atoms with van der Waals surface area (Å²) in [5, 5.41) is 7.10. The van der Waals surface area contributed by atoms with Gasteiger partial charge in [0, 0.05) is 55.8 Å². The van der Waals surface area contributed by atoms with Crippen molar-refractivity contribution in [1.29, 1.82) is 0 Å². The molecule has 8 heteroatoms. The van der Waals surface area contributed by atoms with Crippen molar-refractivity contribution >= 4 is 51.6 Å². The first-order valence-electron chi connectivity index (χ1n) is 9.88. The van der Waals surface area contributed by atoms with Gasteiger partial charge in [0.25, 0.3) is 0 Å². The maximum absolute atomic E-state index is 5.55. The second kappa shape index (κ2) is 11.6. The van der Waals surface area contributed by atoms with Crippen molar-refractivity contribution in [3.05, 3.63) is 28.7 Å². The summed E-state index contributed by atoms with van der Waals surface area (Å²) in [5.41, 5.74) is 1.26. The van der Waals surface area contributed by atoms with Gasteiger partial charge < -0.3 is 20.3 Å². The summed E-state index contributed by atoms with van der Waals surface area (Å²) in [5.74, 6) is 0.890. The van der Waals surface area contributed by atoms with Crippen LogP contribution in [0, 0.1) is 0 Å². The van der Waals surface area contributed by atoms with Crippen LogP contribution >= 0.6 is 39.9 Å². The average Bonchev–Trinajstić information content (AvgIpc) is 3.14. The van der Waals surface area contributed by atoms with Crippen molar-refractivity contribution in [3.63, 3.8) is 0 Å². The molecule has 2 saturated heterocycles. The topological polar surface area (TPSA) is 52.1 Å². The Hall–Kier alpha value is -0.580. The number of morpholine rings is 1. The second-order valence-electron chi connectivity index (χ2n) is 7.49. The fraction of sp³-hybridized carbons (Fsp3) is 0.650. The van der Waals surface area contributed by atoms with Crippen LogP contribution in [-0.2, 0) is 4.74 Å². The number of anilines is 1. The van der Waals surface area contributed by atoms with Crippen molar-refractivity contribution in [2.45, 2.75) is 38.4 Å². The highest BCUT2D eigenvalue weighted by atomic mass is 127. The second-order valence-corrected chi connectivity index (χ2v) is 8.35. The van der Waals surface area contributed by atoms with Gasteiger partial charge in [-0.3, -0.25) is 9.89 Å². The quantitative estimate of drug-likeness (QED) is 0.327. The highest BCUT2D eigenvalue weighted by Gasteiger charge is 2.26. The summed E-state index contributed by atoms with van der Waals surface area (Å²) in [6.45, 7) is 10.1. The Bertz CT molecular complexity index is 647. The Morgan fingerprint density at radius 2 is 2.14 bits per heavy atom. The van der Waals surface area contributed by atoms with E-state index in [0.717, 1.165) is 56.2 Å². The zero-order chi connectivity index (χ0) is 19.2. The van der Waals surface area contributed by atoms with E-state index < -0.39 is 0 Å². The lowest BCUT2D eigenvalue weighted by Gasteiger charge is -2.38. The summed E-state index contributed by atoms with van der Waals surface area (Å²) < 4.78 is 6.70. The number of hydrogen-bond donors (Lipinski definition) is 2. The van der Waals surface area contributed by atoms with Crippen LogP contribution in [0.15, 0.2) is 33.7 Å². The fourth-order valence-electron chi connectivity index (χ4n) is 3.95. The summed E-state index contributed by atoms with van der Waals surface area (Å²) in [4.78, 5) is 9.36. The summed E-state index contributed by atoms with van der Waals surface area (Å²) in [7, 11) is 1.85. The van der Waals surface area contributed by atoms with E-state index in [0.29, 0.717) is 18.1 Å². The Balaban J connectivity index is 0.00000280. The molecule has 0 saturated carbocycles. The minimum absolute atomic E-state index is 0. The molecule has 2 fully saturated rings. The SMILES string of the molecule is CN=C(NCC(C)N1CCOCC1C)NC1CCN(c2ccccc2Br)C1.I. The van der Waals surface area contributed by atoms with Crippen molar-refractivity contribution in [2.75, 3.05) is 51.3 Å². The van der Waals surface area contributed by atoms with Gasteiger partial charge in [-0.2, -0.15) is 0 Å². The maximum atomic E-state index is 5.55. The van der Waals surface area contributed by atoms with Gasteiger partial charge in [0.2, 0.25) is 0 Å². The van der Waals surface area contributed by atoms with Crippen LogP contribution in [0.1, 0.15) is 20.3 Å². The van der Waals surface area contributed by atoms with E-state index in [2.05, 4.69) is 79.5 Å². The number of benzene rings is 1. The van der Waals surface area contributed by atoms with Gasteiger partial charge >= 0.3 is 0 Å². The van der Waals surface area contributed by atoms with E-state index >= 15 is 0 Å². The largest absolute Gasteiger partial charge is 0.379 e. The molecule has 1 aromatic carbocycles. The molecule has 1 aromatic rings. The molecule has 2 aliphatic heterocycles. The van der Waals surface area contributed by atoms with Crippen LogP contribution in [0.3, 0.4) is 0 Å². The molecule has 3 rings (SSSR count). The molecule has 3 atom stereocenters. The lowest BCUT2D eigenvalue weighted by molar-refractivity contribution is -0.0174. The van der Waals surface area contributed by atoms with Crippen molar-refractivity contribution in [3.8, 4) is 0 Å². The third-order valence-electron chi connectivity index (χ3n) is 5.50. The van der Waals surface area contributed by atoms with Crippen LogP contribution in [0.2, 0.25) is 0 Å². The number of para-hydroxylation sites is 1. The Labute approximate surface area is 194 Å². The molecule has 2 heterocycles. The van der Waals surface area contributed by atoms with Gasteiger partial charge in [-0.15, -0.1) is 24.0 Å². The predicted octanol–water partition coefficient (Wildman–Crippen LogP) is 2.92. The number of rotatable bonds is 5. The fourth-order valence-corrected chi connectivity index (χ4v) is 4.49. The van der Waals surface area contributed by atoms with Crippen molar-refractivity contribution in [1.82, 2.24) is 15.5 Å². The maximum Gasteiger partial charge on any atom is 0.191 e. The van der Waals surface area contributed by atoms with Crippen LogP contribution in [0.4, 0.5) is 5.69 Å². The molecule has 0 radical (unpaired) electrons. The molecule has 158 valence electrons. The molecule has 0 spiro atoms. The predicted molar refractivity (Wildman–Crippen MR) is 131 cm³/mol. The number of ether oxygens (including phenoxy) is 1. The zero-order valence-corrected chi connectivity index (χ0v) is 20.9. The number of nitrogens with one attached hydrogen (secondary N) is 2. The van der Waals surface area contributed by atoms with Crippen molar-refractivity contribution in [2.24, 2.45) is 4.99 Å². The van der Waals surface area contributed by atoms with E-state index in [-0.39, 0.29) is 24.0 Å².